The van der Waals surface area contributed by atoms with Gasteiger partial charge in [-0.2, -0.15) is 4.72 Å². The van der Waals surface area contributed by atoms with Crippen LogP contribution in [0.2, 0.25) is 0 Å². The van der Waals surface area contributed by atoms with Gasteiger partial charge in [-0.1, -0.05) is 13.3 Å². The molecule has 112 valence electrons. The number of carboxylic acids is 1. The molecule has 1 aromatic rings. The standard InChI is InChI=1S/C11H12BrF2NO4S/c1-2-3-9(11(16)17)15-20(18,19)10-7(12)4-6(13)5-8(10)14/h4-5,9,15H,2-3H2,1H3,(H,16,17). The average molecular weight is 372 g/mol. The zero-order valence-electron chi connectivity index (χ0n) is 10.4. The molecule has 5 nitrogen and oxygen atoms in total. The quantitative estimate of drug-likeness (QED) is 0.803. The Morgan fingerprint density at radius 3 is 2.50 bits per heavy atom. The zero-order valence-corrected chi connectivity index (χ0v) is 12.8. The van der Waals surface area contributed by atoms with Crippen molar-refractivity contribution in [1.29, 1.82) is 0 Å². The second-order valence-corrected chi connectivity index (χ2v) is 6.50. The highest BCUT2D eigenvalue weighted by Crippen LogP contribution is 2.26. The van der Waals surface area contributed by atoms with E-state index >= 15 is 0 Å². The lowest BCUT2D eigenvalue weighted by Crippen LogP contribution is -2.41. The van der Waals surface area contributed by atoms with Crippen LogP contribution in [-0.2, 0) is 14.8 Å². The van der Waals surface area contributed by atoms with E-state index in [1.54, 1.807) is 6.92 Å². The van der Waals surface area contributed by atoms with Gasteiger partial charge >= 0.3 is 5.97 Å². The number of rotatable bonds is 6. The maximum absolute atomic E-state index is 13.6. The maximum atomic E-state index is 13.6. The number of benzene rings is 1. The molecule has 0 radical (unpaired) electrons. The molecule has 1 aromatic carbocycles. The summed E-state index contributed by atoms with van der Waals surface area (Å²) in [6.45, 7) is 1.68. The summed E-state index contributed by atoms with van der Waals surface area (Å²) < 4.78 is 52.1. The maximum Gasteiger partial charge on any atom is 0.321 e. The molecule has 0 fully saturated rings. The molecule has 0 aliphatic heterocycles. The van der Waals surface area contributed by atoms with E-state index in [1.165, 1.54) is 0 Å². The van der Waals surface area contributed by atoms with Crippen molar-refractivity contribution >= 4 is 31.9 Å². The van der Waals surface area contributed by atoms with Gasteiger partial charge in [0.25, 0.3) is 0 Å². The molecule has 1 atom stereocenters. The largest absolute Gasteiger partial charge is 0.480 e. The molecule has 1 unspecified atom stereocenters. The fraction of sp³-hybridized carbons (Fsp3) is 0.364. The first kappa shape index (κ1) is 17.0. The molecule has 0 aliphatic carbocycles. The third-order valence-corrected chi connectivity index (χ3v) is 4.84. The van der Waals surface area contributed by atoms with E-state index in [0.29, 0.717) is 12.5 Å². The third-order valence-electron chi connectivity index (χ3n) is 2.40. The summed E-state index contributed by atoms with van der Waals surface area (Å²) in [6.07, 6.45) is 0.474. The average Bonchev–Trinajstić information content (AvgIpc) is 2.25. The van der Waals surface area contributed by atoms with Crippen LogP contribution in [0, 0.1) is 11.6 Å². The topological polar surface area (TPSA) is 83.5 Å². The first-order valence-corrected chi connectivity index (χ1v) is 7.86. The Hall–Kier alpha value is -1.06. The van der Waals surface area contributed by atoms with Crippen LogP contribution in [0.1, 0.15) is 19.8 Å². The Bertz CT molecular complexity index is 598. The van der Waals surface area contributed by atoms with E-state index in [9.17, 15) is 22.0 Å². The molecule has 9 heteroatoms. The number of nitrogens with one attached hydrogen (secondary N) is 1. The molecule has 0 aromatic heterocycles. The van der Waals surface area contributed by atoms with Gasteiger partial charge in [0, 0.05) is 10.5 Å². The summed E-state index contributed by atoms with van der Waals surface area (Å²) in [5.74, 6) is -3.62. The molecule has 0 saturated carbocycles. The summed E-state index contributed by atoms with van der Waals surface area (Å²) in [5, 5.41) is 8.90. The molecule has 20 heavy (non-hydrogen) atoms. The molecule has 0 amide bonds. The second kappa shape index (κ2) is 6.59. The molecule has 1 rings (SSSR count). The Balaban J connectivity index is 3.20. The van der Waals surface area contributed by atoms with Gasteiger partial charge in [0.2, 0.25) is 10.0 Å². The number of aliphatic carboxylic acids is 1. The molecule has 0 spiro atoms. The number of hydrogen-bond donors (Lipinski definition) is 2. The summed E-state index contributed by atoms with van der Waals surface area (Å²) >= 11 is 2.75. The van der Waals surface area contributed by atoms with Gasteiger partial charge in [-0.25, -0.2) is 17.2 Å². The first-order chi connectivity index (χ1) is 9.19. The minimum absolute atomic E-state index is 0.0506. The summed E-state index contributed by atoms with van der Waals surface area (Å²) in [6, 6.07) is -0.177. The van der Waals surface area contributed by atoms with Gasteiger partial charge in [-0.3, -0.25) is 4.79 Å². The Morgan fingerprint density at radius 1 is 1.45 bits per heavy atom. The molecule has 0 aliphatic rings. The Labute approximate surface area is 123 Å². The van der Waals surface area contributed by atoms with Gasteiger partial charge in [-0.05, 0) is 28.4 Å². The monoisotopic (exact) mass is 371 g/mol. The van der Waals surface area contributed by atoms with Crippen molar-refractivity contribution in [2.45, 2.75) is 30.7 Å². The van der Waals surface area contributed by atoms with Crippen molar-refractivity contribution in [2.75, 3.05) is 0 Å². The molecule has 0 bridgehead atoms. The van der Waals surface area contributed by atoms with Gasteiger partial charge in [0.15, 0.2) is 0 Å². The Kier molecular flexibility index (Phi) is 5.60. The van der Waals surface area contributed by atoms with Gasteiger partial charge in [0.05, 0.1) is 0 Å². The highest BCUT2D eigenvalue weighted by atomic mass is 79.9. The molecule has 2 N–H and O–H groups in total. The first-order valence-electron chi connectivity index (χ1n) is 5.58. The fourth-order valence-electron chi connectivity index (χ4n) is 1.55. The van der Waals surface area contributed by atoms with Crippen molar-refractivity contribution in [2.24, 2.45) is 0 Å². The lowest BCUT2D eigenvalue weighted by molar-refractivity contribution is -0.139. The van der Waals surface area contributed by atoms with Gasteiger partial charge < -0.3 is 5.11 Å². The zero-order chi connectivity index (χ0) is 15.5. The fourth-order valence-corrected chi connectivity index (χ4v) is 3.94. The lowest BCUT2D eigenvalue weighted by Gasteiger charge is -2.15. The van der Waals surface area contributed by atoms with E-state index in [4.69, 9.17) is 5.11 Å². The summed E-state index contributed by atoms with van der Waals surface area (Å²) in [7, 11) is -4.42. The smallest absolute Gasteiger partial charge is 0.321 e. The summed E-state index contributed by atoms with van der Waals surface area (Å²) in [4.78, 5) is 10.1. The van der Waals surface area contributed by atoms with Crippen LogP contribution in [-0.4, -0.2) is 25.5 Å². The molecule has 0 heterocycles. The lowest BCUT2D eigenvalue weighted by atomic mass is 10.2. The minimum Gasteiger partial charge on any atom is -0.480 e. The normalized spacial score (nSPS) is 13.2. The molecular weight excluding hydrogens is 360 g/mol. The van der Waals surface area contributed by atoms with Crippen molar-refractivity contribution < 1.29 is 27.1 Å². The van der Waals surface area contributed by atoms with Crippen molar-refractivity contribution in [3.63, 3.8) is 0 Å². The number of sulfonamides is 1. The van der Waals surface area contributed by atoms with Crippen LogP contribution >= 0.6 is 15.9 Å². The van der Waals surface area contributed by atoms with Crippen molar-refractivity contribution in [3.05, 3.63) is 28.2 Å². The van der Waals surface area contributed by atoms with Gasteiger partial charge in [0.1, 0.15) is 22.6 Å². The predicted octanol–water partition coefficient (Wildman–Crippen LogP) is 2.26. The number of carboxylic acid groups (broad SMARTS) is 1. The van der Waals surface area contributed by atoms with Gasteiger partial charge in [-0.15, -0.1) is 0 Å². The van der Waals surface area contributed by atoms with Crippen LogP contribution in [0.3, 0.4) is 0 Å². The number of carbonyl (C=O) groups is 1. The van der Waals surface area contributed by atoms with Crippen LogP contribution in [0.4, 0.5) is 8.78 Å². The van der Waals surface area contributed by atoms with E-state index < -0.39 is 38.6 Å². The van der Waals surface area contributed by atoms with Crippen LogP contribution in [0.5, 0.6) is 0 Å². The van der Waals surface area contributed by atoms with E-state index in [0.717, 1.165) is 6.07 Å². The number of hydrogen-bond acceptors (Lipinski definition) is 3. The third kappa shape index (κ3) is 3.97. The highest BCUT2D eigenvalue weighted by molar-refractivity contribution is 9.10. The van der Waals surface area contributed by atoms with E-state index in [-0.39, 0.29) is 10.9 Å². The molecule has 0 saturated heterocycles. The molecular formula is C11H12BrF2NO4S. The van der Waals surface area contributed by atoms with E-state index in [2.05, 4.69) is 15.9 Å². The summed E-state index contributed by atoms with van der Waals surface area (Å²) in [5.41, 5.74) is 0. The van der Waals surface area contributed by atoms with Crippen LogP contribution < -0.4 is 4.72 Å². The Morgan fingerprint density at radius 2 is 2.05 bits per heavy atom. The van der Waals surface area contributed by atoms with Crippen molar-refractivity contribution in [1.82, 2.24) is 4.72 Å². The van der Waals surface area contributed by atoms with Crippen molar-refractivity contribution in [3.8, 4) is 0 Å². The predicted molar refractivity (Wildman–Crippen MR) is 70.7 cm³/mol. The number of halogens is 3. The van der Waals surface area contributed by atoms with Crippen LogP contribution in [0.15, 0.2) is 21.5 Å². The minimum atomic E-state index is -4.42. The van der Waals surface area contributed by atoms with Crippen LogP contribution in [0.25, 0.3) is 0 Å². The SMILES string of the molecule is CCCC(NS(=O)(=O)c1c(F)cc(F)cc1Br)C(=O)O. The second-order valence-electron chi connectivity index (χ2n) is 4.00. The highest BCUT2D eigenvalue weighted by Gasteiger charge is 2.29. The van der Waals surface area contributed by atoms with E-state index in [1.807, 2.05) is 4.72 Å².